The van der Waals surface area contributed by atoms with Gasteiger partial charge in [0.15, 0.2) is 0 Å². The highest BCUT2D eigenvalue weighted by molar-refractivity contribution is 5.82. The number of hydrogen-bond acceptors (Lipinski definition) is 3. The van der Waals surface area contributed by atoms with Crippen LogP contribution in [-0.4, -0.2) is 25.0 Å². The molecule has 4 heteroatoms. The van der Waals surface area contributed by atoms with Gasteiger partial charge in [0.2, 0.25) is 0 Å². The van der Waals surface area contributed by atoms with Gasteiger partial charge in [0.1, 0.15) is 6.04 Å². The van der Waals surface area contributed by atoms with Gasteiger partial charge in [-0.1, -0.05) is 23.8 Å². The normalized spacial score (nSPS) is 12.6. The van der Waals surface area contributed by atoms with Crippen molar-refractivity contribution in [2.75, 3.05) is 14.1 Å². The van der Waals surface area contributed by atoms with Crippen LogP contribution in [0.1, 0.15) is 22.7 Å². The number of amides is 1. The van der Waals surface area contributed by atoms with Gasteiger partial charge >= 0.3 is 0 Å². The van der Waals surface area contributed by atoms with E-state index in [1.165, 1.54) is 0 Å². The first kappa shape index (κ1) is 12.7. The third-order valence-electron chi connectivity index (χ3n) is 2.39. The standard InChI is InChI=1S/C12H19N3O/c1-8-5-6-9(2)10(7-8)11(13)12(16)14-15(3)4/h5-7,11H,13H2,1-4H3,(H,14,16). The molecule has 0 heterocycles. The average Bonchev–Trinajstić information content (AvgIpc) is 2.19. The SMILES string of the molecule is Cc1ccc(C)c(C(N)C(=O)NN(C)C)c1. The van der Waals surface area contributed by atoms with Gasteiger partial charge in [-0.3, -0.25) is 10.2 Å². The lowest BCUT2D eigenvalue weighted by molar-refractivity contribution is -0.126. The summed E-state index contributed by atoms with van der Waals surface area (Å²) in [6.07, 6.45) is 0. The summed E-state index contributed by atoms with van der Waals surface area (Å²) < 4.78 is 0. The third kappa shape index (κ3) is 3.05. The highest BCUT2D eigenvalue weighted by Crippen LogP contribution is 2.17. The molecule has 0 saturated carbocycles. The van der Waals surface area contributed by atoms with E-state index in [9.17, 15) is 4.79 Å². The number of carbonyl (C=O) groups excluding carboxylic acids is 1. The molecule has 0 aliphatic carbocycles. The Labute approximate surface area is 96.4 Å². The molecular weight excluding hydrogens is 202 g/mol. The van der Waals surface area contributed by atoms with Crippen molar-refractivity contribution in [3.8, 4) is 0 Å². The maximum Gasteiger partial charge on any atom is 0.255 e. The fraction of sp³-hybridized carbons (Fsp3) is 0.417. The Morgan fingerprint density at radius 2 is 2.00 bits per heavy atom. The van der Waals surface area contributed by atoms with E-state index >= 15 is 0 Å². The van der Waals surface area contributed by atoms with E-state index in [0.717, 1.165) is 16.7 Å². The Kier molecular flexibility index (Phi) is 4.04. The summed E-state index contributed by atoms with van der Waals surface area (Å²) in [6, 6.07) is 5.32. The highest BCUT2D eigenvalue weighted by atomic mass is 16.2. The molecule has 0 spiro atoms. The van der Waals surface area contributed by atoms with Crippen LogP contribution in [0.15, 0.2) is 18.2 Å². The van der Waals surface area contributed by atoms with Crippen LogP contribution in [-0.2, 0) is 4.79 Å². The number of carbonyl (C=O) groups is 1. The lowest BCUT2D eigenvalue weighted by atomic mass is 9.99. The first-order valence-electron chi connectivity index (χ1n) is 5.22. The lowest BCUT2D eigenvalue weighted by Crippen LogP contribution is -2.42. The topological polar surface area (TPSA) is 58.4 Å². The van der Waals surface area contributed by atoms with E-state index in [2.05, 4.69) is 5.43 Å². The lowest BCUT2D eigenvalue weighted by Gasteiger charge is -2.18. The molecule has 0 aromatic heterocycles. The number of aryl methyl sites for hydroxylation is 2. The maximum absolute atomic E-state index is 11.7. The van der Waals surface area contributed by atoms with Gasteiger partial charge in [-0.25, -0.2) is 5.01 Å². The minimum atomic E-state index is -0.623. The summed E-state index contributed by atoms with van der Waals surface area (Å²) in [7, 11) is 3.52. The van der Waals surface area contributed by atoms with Gasteiger partial charge in [0.05, 0.1) is 0 Å². The van der Waals surface area contributed by atoms with Crippen molar-refractivity contribution < 1.29 is 4.79 Å². The monoisotopic (exact) mass is 221 g/mol. The van der Waals surface area contributed by atoms with Crippen molar-refractivity contribution in [1.29, 1.82) is 0 Å². The van der Waals surface area contributed by atoms with Crippen molar-refractivity contribution in [2.24, 2.45) is 5.73 Å². The second-order valence-electron chi connectivity index (χ2n) is 4.21. The van der Waals surface area contributed by atoms with E-state index in [-0.39, 0.29) is 5.91 Å². The van der Waals surface area contributed by atoms with Crippen LogP contribution in [0.3, 0.4) is 0 Å². The van der Waals surface area contributed by atoms with Crippen LogP contribution in [0, 0.1) is 13.8 Å². The molecular formula is C12H19N3O. The zero-order chi connectivity index (χ0) is 12.3. The molecule has 3 N–H and O–H groups in total. The zero-order valence-electron chi connectivity index (χ0n) is 10.2. The van der Waals surface area contributed by atoms with Gasteiger partial charge < -0.3 is 5.73 Å². The number of hydrazine groups is 1. The number of rotatable bonds is 3. The summed E-state index contributed by atoms with van der Waals surface area (Å²) >= 11 is 0. The van der Waals surface area contributed by atoms with Gasteiger partial charge in [-0.2, -0.15) is 0 Å². The van der Waals surface area contributed by atoms with Crippen molar-refractivity contribution >= 4 is 5.91 Å². The van der Waals surface area contributed by atoms with Gasteiger partial charge in [-0.05, 0) is 25.0 Å². The molecule has 1 amide bonds. The van der Waals surface area contributed by atoms with Crippen LogP contribution in [0.2, 0.25) is 0 Å². The molecule has 0 saturated heterocycles. The molecule has 88 valence electrons. The smallest absolute Gasteiger partial charge is 0.255 e. The third-order valence-corrected chi connectivity index (χ3v) is 2.39. The molecule has 0 aliphatic rings. The van der Waals surface area contributed by atoms with E-state index in [1.54, 1.807) is 19.1 Å². The number of hydrogen-bond donors (Lipinski definition) is 2. The number of nitrogens with two attached hydrogens (primary N) is 1. The van der Waals surface area contributed by atoms with Gasteiger partial charge in [-0.15, -0.1) is 0 Å². The summed E-state index contributed by atoms with van der Waals surface area (Å²) in [5.41, 5.74) is 11.6. The highest BCUT2D eigenvalue weighted by Gasteiger charge is 2.17. The van der Waals surface area contributed by atoms with Crippen LogP contribution in [0.4, 0.5) is 0 Å². The number of nitrogens with one attached hydrogen (secondary N) is 1. The van der Waals surface area contributed by atoms with Crippen molar-refractivity contribution in [3.05, 3.63) is 34.9 Å². The minimum absolute atomic E-state index is 0.196. The molecule has 1 aromatic rings. The molecule has 16 heavy (non-hydrogen) atoms. The van der Waals surface area contributed by atoms with Crippen LogP contribution >= 0.6 is 0 Å². The Hall–Kier alpha value is -1.39. The number of nitrogens with zero attached hydrogens (tertiary/aromatic N) is 1. The molecule has 1 rings (SSSR count). The predicted octanol–water partition coefficient (Wildman–Crippen LogP) is 0.896. The predicted molar refractivity (Wildman–Crippen MR) is 64.7 cm³/mol. The molecule has 0 bridgehead atoms. The van der Waals surface area contributed by atoms with Crippen molar-refractivity contribution in [1.82, 2.24) is 10.4 Å². The Morgan fingerprint density at radius 1 is 1.38 bits per heavy atom. The summed E-state index contributed by atoms with van der Waals surface area (Å²) in [5.74, 6) is -0.196. The van der Waals surface area contributed by atoms with E-state index in [0.29, 0.717) is 0 Å². The van der Waals surface area contributed by atoms with E-state index < -0.39 is 6.04 Å². The van der Waals surface area contributed by atoms with Crippen LogP contribution in [0.25, 0.3) is 0 Å². The fourth-order valence-corrected chi connectivity index (χ4v) is 1.53. The van der Waals surface area contributed by atoms with Crippen LogP contribution in [0.5, 0.6) is 0 Å². The Bertz CT molecular complexity index is 388. The summed E-state index contributed by atoms with van der Waals surface area (Å²) in [4.78, 5) is 11.7. The molecule has 0 radical (unpaired) electrons. The number of benzene rings is 1. The fourth-order valence-electron chi connectivity index (χ4n) is 1.53. The molecule has 1 aromatic carbocycles. The zero-order valence-corrected chi connectivity index (χ0v) is 10.2. The van der Waals surface area contributed by atoms with E-state index in [4.69, 9.17) is 5.73 Å². The second-order valence-corrected chi connectivity index (χ2v) is 4.21. The first-order chi connectivity index (χ1) is 7.41. The second kappa shape index (κ2) is 5.09. The summed E-state index contributed by atoms with van der Waals surface area (Å²) in [6.45, 7) is 3.94. The Morgan fingerprint density at radius 3 is 2.56 bits per heavy atom. The maximum atomic E-state index is 11.7. The molecule has 0 aliphatic heterocycles. The molecule has 1 unspecified atom stereocenters. The van der Waals surface area contributed by atoms with Crippen molar-refractivity contribution in [3.63, 3.8) is 0 Å². The molecule has 4 nitrogen and oxygen atoms in total. The van der Waals surface area contributed by atoms with Crippen LogP contribution < -0.4 is 11.2 Å². The average molecular weight is 221 g/mol. The van der Waals surface area contributed by atoms with Crippen molar-refractivity contribution in [2.45, 2.75) is 19.9 Å². The summed E-state index contributed by atoms with van der Waals surface area (Å²) in [5, 5.41) is 1.59. The van der Waals surface area contributed by atoms with Gasteiger partial charge in [0.25, 0.3) is 5.91 Å². The largest absolute Gasteiger partial charge is 0.316 e. The minimum Gasteiger partial charge on any atom is -0.316 e. The first-order valence-corrected chi connectivity index (χ1v) is 5.22. The molecule has 0 fully saturated rings. The van der Waals surface area contributed by atoms with Gasteiger partial charge in [0, 0.05) is 14.1 Å². The van der Waals surface area contributed by atoms with E-state index in [1.807, 2.05) is 32.0 Å². The molecule has 1 atom stereocenters. The quantitative estimate of drug-likeness (QED) is 0.745. The Balaban J connectivity index is 2.91.